The standard InChI is InChI=1S/C60H114N4O14S2/c1-48(2)29-39-74-56(69)24-13-9-20-54(67)46-64(47-55(68)21-10-14-25-57(70)75-40-30-49(3)4)32-19-28-58(71)76-41-37-61-33-35-62(36-34-61)38-43-80-79-42-18-17-31-63(44-52(65)22-11-15-26-59(72)77-50(5)6)45-53(66)23-12-16-27-60(73)78-51(7)8/h48-55,65-68H,9-47H2,1-8H3. The summed E-state index contributed by atoms with van der Waals surface area (Å²) < 4.78 is 26.7. The zero-order valence-electron chi connectivity index (χ0n) is 51.2. The number of carbonyl (C=O) groups excluding carboxylic acids is 5. The summed E-state index contributed by atoms with van der Waals surface area (Å²) in [5, 5.41) is 43.7. The third kappa shape index (κ3) is 47.1. The normalized spacial score (nSPS) is 15.0. The molecule has 0 spiro atoms. The van der Waals surface area contributed by atoms with Gasteiger partial charge in [0.15, 0.2) is 0 Å². The Morgan fingerprint density at radius 1 is 0.400 bits per heavy atom. The van der Waals surface area contributed by atoms with Gasteiger partial charge in [-0.1, -0.05) is 75.0 Å². The van der Waals surface area contributed by atoms with Crippen molar-refractivity contribution in [2.75, 3.05) is 110 Å². The van der Waals surface area contributed by atoms with Crippen LogP contribution in [0.1, 0.15) is 197 Å². The lowest BCUT2D eigenvalue weighted by Crippen LogP contribution is -2.47. The zero-order valence-corrected chi connectivity index (χ0v) is 52.8. The maximum absolute atomic E-state index is 12.8. The van der Waals surface area contributed by atoms with E-state index < -0.39 is 24.4 Å². The second-order valence-electron chi connectivity index (χ2n) is 23.4. The van der Waals surface area contributed by atoms with E-state index in [9.17, 15) is 44.4 Å². The van der Waals surface area contributed by atoms with Crippen LogP contribution in [-0.2, 0) is 47.7 Å². The molecule has 0 amide bonds. The number of esters is 5. The molecule has 4 N–H and O–H groups in total. The van der Waals surface area contributed by atoms with E-state index in [1.54, 1.807) is 0 Å². The van der Waals surface area contributed by atoms with Crippen molar-refractivity contribution in [3.8, 4) is 0 Å². The molecular weight excluding hydrogens is 1060 g/mol. The second-order valence-corrected chi connectivity index (χ2v) is 26.1. The van der Waals surface area contributed by atoms with Crippen LogP contribution < -0.4 is 0 Å². The molecule has 4 unspecified atom stereocenters. The number of nitrogens with zero attached hydrogens (tertiary/aromatic N) is 4. The molecule has 1 aliphatic heterocycles. The van der Waals surface area contributed by atoms with Crippen LogP contribution in [0.25, 0.3) is 0 Å². The lowest BCUT2D eigenvalue weighted by atomic mass is 10.1. The number of ether oxygens (including phenoxy) is 5. The Balaban J connectivity index is 2.43. The molecule has 0 aromatic heterocycles. The smallest absolute Gasteiger partial charge is 0.306 e. The summed E-state index contributed by atoms with van der Waals surface area (Å²) >= 11 is 0. The topological polar surface area (TPSA) is 225 Å². The molecule has 1 aliphatic rings. The highest BCUT2D eigenvalue weighted by Crippen LogP contribution is 2.23. The molecule has 1 heterocycles. The Kier molecular flexibility index (Phi) is 46.4. The van der Waals surface area contributed by atoms with Gasteiger partial charge in [-0.2, -0.15) is 0 Å². The van der Waals surface area contributed by atoms with Gasteiger partial charge in [-0.15, -0.1) is 0 Å². The minimum Gasteiger partial charge on any atom is -0.466 e. The number of rotatable bonds is 52. The first kappa shape index (κ1) is 75.7. The molecule has 0 aliphatic carbocycles. The number of piperazine rings is 1. The summed E-state index contributed by atoms with van der Waals surface area (Å²) in [4.78, 5) is 69.8. The minimum absolute atomic E-state index is 0.137. The average molecular weight is 1180 g/mol. The van der Waals surface area contributed by atoms with Gasteiger partial charge < -0.3 is 44.1 Å². The van der Waals surface area contributed by atoms with E-state index in [4.69, 9.17) is 23.7 Å². The van der Waals surface area contributed by atoms with Crippen molar-refractivity contribution < 1.29 is 68.1 Å². The Bertz CT molecular complexity index is 1500. The van der Waals surface area contributed by atoms with Crippen LogP contribution in [-0.4, -0.2) is 216 Å². The monoisotopic (exact) mass is 1180 g/mol. The van der Waals surface area contributed by atoms with Crippen LogP contribution in [0.2, 0.25) is 0 Å². The van der Waals surface area contributed by atoms with E-state index in [0.29, 0.717) is 167 Å². The van der Waals surface area contributed by atoms with E-state index >= 15 is 0 Å². The molecule has 80 heavy (non-hydrogen) atoms. The molecule has 1 saturated heterocycles. The fourth-order valence-corrected chi connectivity index (χ4v) is 11.3. The van der Waals surface area contributed by atoms with Crippen LogP contribution >= 0.6 is 21.6 Å². The van der Waals surface area contributed by atoms with Crippen molar-refractivity contribution in [1.29, 1.82) is 0 Å². The minimum atomic E-state index is -0.651. The van der Waals surface area contributed by atoms with Gasteiger partial charge in [0.2, 0.25) is 0 Å². The predicted molar refractivity (Wildman–Crippen MR) is 321 cm³/mol. The molecular formula is C60H114N4O14S2. The molecule has 4 atom stereocenters. The van der Waals surface area contributed by atoms with Crippen LogP contribution in [0.15, 0.2) is 0 Å². The summed E-state index contributed by atoms with van der Waals surface area (Å²) in [6.07, 6.45) is 10.6. The fourth-order valence-electron chi connectivity index (χ4n) is 9.10. The van der Waals surface area contributed by atoms with E-state index in [1.807, 2.05) is 54.2 Å². The van der Waals surface area contributed by atoms with E-state index in [1.165, 1.54) is 0 Å². The summed E-state index contributed by atoms with van der Waals surface area (Å²) in [7, 11) is 3.78. The maximum Gasteiger partial charge on any atom is 0.306 e. The number of aliphatic hydroxyl groups excluding tert-OH is 4. The molecule has 0 radical (unpaired) electrons. The number of unbranched alkanes of at least 4 members (excludes halogenated alkanes) is 5. The quantitative estimate of drug-likeness (QED) is 0.0194. The highest BCUT2D eigenvalue weighted by atomic mass is 33.1. The molecule has 20 heteroatoms. The van der Waals surface area contributed by atoms with Gasteiger partial charge in [-0.05, 0) is 136 Å². The van der Waals surface area contributed by atoms with Gasteiger partial charge >= 0.3 is 29.8 Å². The molecule has 0 saturated carbocycles. The zero-order chi connectivity index (χ0) is 59.3. The number of hydrogen-bond donors (Lipinski definition) is 4. The summed E-state index contributed by atoms with van der Waals surface area (Å²) in [5.74, 6) is 1.87. The SMILES string of the molecule is CC(C)CCOC(=O)CCCCC(O)CN(CCCC(=O)OCCN1CCN(CCSSCCCCN(CC(O)CCCCC(=O)OC(C)C)CC(O)CCCCC(=O)OC(C)C)CC1)CC(O)CCCCC(=O)OCCC(C)C. The lowest BCUT2D eigenvalue weighted by Gasteiger charge is -2.34. The third-order valence-electron chi connectivity index (χ3n) is 13.7. The molecule has 0 aromatic carbocycles. The Morgan fingerprint density at radius 3 is 1.12 bits per heavy atom. The molecule has 0 bridgehead atoms. The molecule has 18 nitrogen and oxygen atoms in total. The van der Waals surface area contributed by atoms with E-state index in [0.717, 1.165) is 89.3 Å². The third-order valence-corrected chi connectivity index (χ3v) is 16.2. The first-order chi connectivity index (χ1) is 38.2. The van der Waals surface area contributed by atoms with Crippen molar-refractivity contribution in [2.24, 2.45) is 11.8 Å². The first-order valence-corrected chi connectivity index (χ1v) is 33.4. The first-order valence-electron chi connectivity index (χ1n) is 30.9. The largest absolute Gasteiger partial charge is 0.466 e. The lowest BCUT2D eigenvalue weighted by molar-refractivity contribution is -0.148. The van der Waals surface area contributed by atoms with Crippen LogP contribution in [0, 0.1) is 11.8 Å². The highest BCUT2D eigenvalue weighted by Gasteiger charge is 2.21. The Morgan fingerprint density at radius 2 is 0.738 bits per heavy atom. The van der Waals surface area contributed by atoms with Gasteiger partial charge in [0.05, 0.1) is 49.8 Å². The van der Waals surface area contributed by atoms with Crippen molar-refractivity contribution in [3.63, 3.8) is 0 Å². The van der Waals surface area contributed by atoms with Gasteiger partial charge in [0.1, 0.15) is 6.61 Å². The molecule has 1 rings (SSSR count). The van der Waals surface area contributed by atoms with Crippen molar-refractivity contribution in [3.05, 3.63) is 0 Å². The van der Waals surface area contributed by atoms with E-state index in [2.05, 4.69) is 42.4 Å². The molecule has 470 valence electrons. The number of hydrogen-bond acceptors (Lipinski definition) is 20. The Labute approximate surface area is 492 Å². The number of carbonyl (C=O) groups is 5. The summed E-state index contributed by atoms with van der Waals surface area (Å²) in [6, 6.07) is 0. The molecule has 0 aromatic rings. The van der Waals surface area contributed by atoms with Gasteiger partial charge in [-0.25, -0.2) is 0 Å². The summed E-state index contributed by atoms with van der Waals surface area (Å²) in [6.45, 7) is 25.2. The predicted octanol–water partition coefficient (Wildman–Crippen LogP) is 8.46. The van der Waals surface area contributed by atoms with Crippen LogP contribution in [0.5, 0.6) is 0 Å². The van der Waals surface area contributed by atoms with E-state index in [-0.39, 0.29) is 48.5 Å². The van der Waals surface area contributed by atoms with Gasteiger partial charge in [0, 0.05) is 109 Å². The van der Waals surface area contributed by atoms with Crippen molar-refractivity contribution in [2.45, 2.75) is 233 Å². The summed E-state index contributed by atoms with van der Waals surface area (Å²) in [5.41, 5.74) is 0. The van der Waals surface area contributed by atoms with Crippen LogP contribution in [0.3, 0.4) is 0 Å². The number of aliphatic hydroxyl groups is 4. The van der Waals surface area contributed by atoms with Gasteiger partial charge in [0.25, 0.3) is 0 Å². The second kappa shape index (κ2) is 49.0. The Hall–Kier alpha value is -2.27. The van der Waals surface area contributed by atoms with Gasteiger partial charge in [-0.3, -0.25) is 43.6 Å². The highest BCUT2D eigenvalue weighted by molar-refractivity contribution is 8.76. The maximum atomic E-state index is 12.8. The molecule has 1 fully saturated rings. The average Bonchev–Trinajstić information content (AvgIpc) is 3.37. The fraction of sp³-hybridized carbons (Fsp3) is 0.917. The van der Waals surface area contributed by atoms with Crippen molar-refractivity contribution in [1.82, 2.24) is 19.6 Å². The van der Waals surface area contributed by atoms with Crippen LogP contribution in [0.4, 0.5) is 0 Å². The van der Waals surface area contributed by atoms with Crippen molar-refractivity contribution >= 4 is 51.4 Å².